The number of nitrogens with zero attached hydrogens (tertiary/aromatic N) is 2. The van der Waals surface area contributed by atoms with Gasteiger partial charge in [0.25, 0.3) is 0 Å². The van der Waals surface area contributed by atoms with Crippen LogP contribution in [-0.2, 0) is 11.2 Å². The van der Waals surface area contributed by atoms with Crippen molar-refractivity contribution in [3.63, 3.8) is 0 Å². The smallest absolute Gasteiger partial charge is 0.228 e. The number of hydrogen-bond donors (Lipinski definition) is 1. The summed E-state index contributed by atoms with van der Waals surface area (Å²) in [6, 6.07) is 2.10. The van der Waals surface area contributed by atoms with Gasteiger partial charge in [-0.05, 0) is 31.9 Å². The number of nitrogens with one attached hydrogen (secondary N) is 1. The molecule has 3 rings (SSSR count). The number of aromatic nitrogens is 2. The Kier molecular flexibility index (Phi) is 2.18. The Morgan fingerprint density at radius 1 is 1.41 bits per heavy atom. The molecule has 0 aliphatic carbocycles. The molecular formula is C13H15N3O. The Labute approximate surface area is 99.6 Å². The van der Waals surface area contributed by atoms with E-state index in [4.69, 9.17) is 0 Å². The normalized spacial score (nSPS) is 15.7. The predicted octanol–water partition coefficient (Wildman–Crippen LogP) is 2.25. The zero-order valence-electron chi connectivity index (χ0n) is 10.0. The minimum absolute atomic E-state index is 0.140. The Bertz CT molecular complexity index is 585. The average molecular weight is 229 g/mol. The summed E-state index contributed by atoms with van der Waals surface area (Å²) in [5, 5.41) is 1.10. The van der Waals surface area contributed by atoms with E-state index in [0.717, 1.165) is 23.1 Å². The molecule has 4 heteroatoms. The molecule has 0 aromatic carbocycles. The molecule has 0 saturated heterocycles. The molecule has 1 amide bonds. The summed E-state index contributed by atoms with van der Waals surface area (Å²) in [6.07, 6.45) is 5.10. The van der Waals surface area contributed by atoms with Crippen molar-refractivity contribution in [1.29, 1.82) is 0 Å². The molecule has 88 valence electrons. The first-order valence-corrected chi connectivity index (χ1v) is 5.95. The van der Waals surface area contributed by atoms with Crippen molar-refractivity contribution in [2.24, 2.45) is 0 Å². The zero-order valence-corrected chi connectivity index (χ0v) is 10.0. The van der Waals surface area contributed by atoms with Gasteiger partial charge in [-0.3, -0.25) is 9.69 Å². The number of aromatic amines is 1. The van der Waals surface area contributed by atoms with E-state index in [9.17, 15) is 4.79 Å². The third-order valence-electron chi connectivity index (χ3n) is 3.28. The molecule has 0 unspecified atom stereocenters. The number of amides is 1. The van der Waals surface area contributed by atoms with Crippen LogP contribution in [0.2, 0.25) is 0 Å². The third-order valence-corrected chi connectivity index (χ3v) is 3.28. The second-order valence-electron chi connectivity index (χ2n) is 4.73. The highest BCUT2D eigenvalue weighted by molar-refractivity contribution is 6.04. The third kappa shape index (κ3) is 1.44. The fourth-order valence-electron chi connectivity index (χ4n) is 2.52. The van der Waals surface area contributed by atoms with Crippen molar-refractivity contribution in [2.45, 2.75) is 32.7 Å². The number of aryl methyl sites for hydroxylation is 1. The summed E-state index contributed by atoms with van der Waals surface area (Å²) in [4.78, 5) is 21.6. The lowest BCUT2D eigenvalue weighted by molar-refractivity contribution is -0.118. The van der Waals surface area contributed by atoms with E-state index >= 15 is 0 Å². The lowest BCUT2D eigenvalue weighted by Gasteiger charge is -2.25. The SMILES string of the molecule is CC(C)N1C(=O)CCc2c[nH]c3ccnc1c23. The summed E-state index contributed by atoms with van der Waals surface area (Å²) in [5.74, 6) is 0.965. The average Bonchev–Trinajstić information content (AvgIpc) is 2.63. The maximum atomic E-state index is 12.1. The first-order valence-electron chi connectivity index (χ1n) is 5.95. The van der Waals surface area contributed by atoms with Gasteiger partial charge in [0, 0.05) is 30.2 Å². The Hall–Kier alpha value is -1.84. The predicted molar refractivity (Wildman–Crippen MR) is 67.0 cm³/mol. The number of carbonyl (C=O) groups excluding carboxylic acids is 1. The molecule has 0 radical (unpaired) electrons. The summed E-state index contributed by atoms with van der Waals surface area (Å²) >= 11 is 0. The van der Waals surface area contributed by atoms with Crippen LogP contribution in [0.5, 0.6) is 0 Å². The number of carbonyl (C=O) groups is 1. The maximum absolute atomic E-state index is 12.1. The topological polar surface area (TPSA) is 49.0 Å². The summed E-state index contributed by atoms with van der Waals surface area (Å²) in [6.45, 7) is 4.05. The number of pyridine rings is 1. The van der Waals surface area contributed by atoms with E-state index in [1.54, 1.807) is 6.20 Å². The van der Waals surface area contributed by atoms with Crippen LogP contribution in [0.15, 0.2) is 18.5 Å². The number of H-pyrrole nitrogens is 1. The number of anilines is 1. The maximum Gasteiger partial charge on any atom is 0.228 e. The van der Waals surface area contributed by atoms with Gasteiger partial charge in [-0.1, -0.05) is 0 Å². The molecule has 0 fully saturated rings. The molecule has 0 atom stereocenters. The van der Waals surface area contributed by atoms with E-state index < -0.39 is 0 Å². The van der Waals surface area contributed by atoms with Gasteiger partial charge < -0.3 is 4.98 Å². The van der Waals surface area contributed by atoms with Crippen molar-refractivity contribution < 1.29 is 4.79 Å². The van der Waals surface area contributed by atoms with Gasteiger partial charge in [-0.25, -0.2) is 4.98 Å². The van der Waals surface area contributed by atoms with E-state index in [-0.39, 0.29) is 11.9 Å². The van der Waals surface area contributed by atoms with Crippen LogP contribution >= 0.6 is 0 Å². The quantitative estimate of drug-likeness (QED) is 0.815. The molecule has 0 spiro atoms. The van der Waals surface area contributed by atoms with Crippen LogP contribution in [0.3, 0.4) is 0 Å². The first kappa shape index (κ1) is 10.3. The molecule has 1 N–H and O–H groups in total. The Morgan fingerprint density at radius 2 is 2.24 bits per heavy atom. The summed E-state index contributed by atoms with van der Waals surface area (Å²) < 4.78 is 0. The van der Waals surface area contributed by atoms with E-state index in [1.165, 1.54) is 5.56 Å². The van der Waals surface area contributed by atoms with Gasteiger partial charge in [0.15, 0.2) is 0 Å². The van der Waals surface area contributed by atoms with Crippen LogP contribution in [0.4, 0.5) is 5.82 Å². The molecule has 1 aliphatic rings. The number of rotatable bonds is 1. The van der Waals surface area contributed by atoms with Gasteiger partial charge in [0.1, 0.15) is 5.82 Å². The second-order valence-corrected chi connectivity index (χ2v) is 4.73. The highest BCUT2D eigenvalue weighted by Crippen LogP contribution is 2.32. The molecule has 1 aliphatic heterocycles. The molecule has 2 aromatic rings. The molecular weight excluding hydrogens is 214 g/mol. The van der Waals surface area contributed by atoms with E-state index in [1.807, 2.05) is 31.0 Å². The lowest BCUT2D eigenvalue weighted by atomic mass is 10.1. The fraction of sp³-hybridized carbons (Fsp3) is 0.385. The highest BCUT2D eigenvalue weighted by atomic mass is 16.2. The first-order chi connectivity index (χ1) is 8.18. The van der Waals surface area contributed by atoms with Crippen molar-refractivity contribution in [3.8, 4) is 0 Å². The van der Waals surface area contributed by atoms with Crippen molar-refractivity contribution in [3.05, 3.63) is 24.0 Å². The van der Waals surface area contributed by atoms with Crippen molar-refractivity contribution in [2.75, 3.05) is 4.90 Å². The van der Waals surface area contributed by atoms with Crippen LogP contribution in [0.1, 0.15) is 25.8 Å². The molecule has 17 heavy (non-hydrogen) atoms. The van der Waals surface area contributed by atoms with Crippen molar-refractivity contribution >= 4 is 22.6 Å². The largest absolute Gasteiger partial charge is 0.361 e. The van der Waals surface area contributed by atoms with E-state index in [0.29, 0.717) is 6.42 Å². The van der Waals surface area contributed by atoms with Gasteiger partial charge in [-0.15, -0.1) is 0 Å². The molecule has 2 aromatic heterocycles. The fourth-order valence-corrected chi connectivity index (χ4v) is 2.52. The van der Waals surface area contributed by atoms with Crippen LogP contribution in [0, 0.1) is 0 Å². The van der Waals surface area contributed by atoms with Crippen LogP contribution in [0.25, 0.3) is 10.9 Å². The minimum atomic E-state index is 0.140. The van der Waals surface area contributed by atoms with Gasteiger partial charge >= 0.3 is 0 Å². The lowest BCUT2D eigenvalue weighted by Crippen LogP contribution is -2.37. The summed E-state index contributed by atoms with van der Waals surface area (Å²) in [7, 11) is 0. The van der Waals surface area contributed by atoms with Gasteiger partial charge in [0.05, 0.1) is 5.52 Å². The van der Waals surface area contributed by atoms with E-state index in [2.05, 4.69) is 9.97 Å². The molecule has 0 saturated carbocycles. The monoisotopic (exact) mass is 229 g/mol. The highest BCUT2D eigenvalue weighted by Gasteiger charge is 2.26. The van der Waals surface area contributed by atoms with Gasteiger partial charge in [-0.2, -0.15) is 0 Å². The number of hydrogen-bond acceptors (Lipinski definition) is 2. The summed E-state index contributed by atoms with van der Waals surface area (Å²) in [5.41, 5.74) is 2.25. The zero-order chi connectivity index (χ0) is 12.0. The van der Waals surface area contributed by atoms with Crippen LogP contribution in [-0.4, -0.2) is 21.9 Å². The van der Waals surface area contributed by atoms with Crippen molar-refractivity contribution in [1.82, 2.24) is 9.97 Å². The second kappa shape index (κ2) is 3.58. The minimum Gasteiger partial charge on any atom is -0.361 e. The molecule has 3 heterocycles. The standard InChI is InChI=1S/C13H15N3O/c1-8(2)16-11(17)4-3-9-7-15-10-5-6-14-13(16)12(9)10/h5-8,15H,3-4H2,1-2H3. The molecule has 4 nitrogen and oxygen atoms in total. The van der Waals surface area contributed by atoms with Crippen LogP contribution < -0.4 is 4.90 Å². The van der Waals surface area contributed by atoms with Gasteiger partial charge in [0.2, 0.25) is 5.91 Å². The molecule has 0 bridgehead atoms. The Balaban J connectivity index is 2.31. The Morgan fingerprint density at radius 3 is 3.00 bits per heavy atom.